The molecular weight excluding hydrogens is 368 g/mol. The minimum Gasteiger partial charge on any atom is -0.352 e. The smallest absolute Gasteiger partial charge is 0.261 e. The van der Waals surface area contributed by atoms with Gasteiger partial charge in [-0.1, -0.05) is 37.3 Å². The van der Waals surface area contributed by atoms with E-state index in [4.69, 9.17) is 10.3 Å². The standard InChI is InChI=1S/C18H26N6O2.ClH/c19-18(8-4-5-9-18)17-22-16(26-23-17)13-10-20-24(11-13)12-15(25)21-14-6-2-1-3-7-14;/h10-11,14H,1-9,12,19H2,(H,21,25);1H. The van der Waals surface area contributed by atoms with E-state index in [2.05, 4.69) is 20.6 Å². The first-order valence-corrected chi connectivity index (χ1v) is 9.58. The van der Waals surface area contributed by atoms with E-state index in [9.17, 15) is 4.79 Å². The molecule has 0 saturated heterocycles. The fourth-order valence-electron chi connectivity index (χ4n) is 4.00. The highest BCUT2D eigenvalue weighted by Crippen LogP contribution is 2.35. The molecule has 2 aromatic heterocycles. The molecule has 3 N–H and O–H groups in total. The zero-order valence-electron chi connectivity index (χ0n) is 15.4. The molecule has 0 spiro atoms. The first kappa shape index (κ1) is 19.8. The average Bonchev–Trinajstić information content (AvgIpc) is 3.36. The number of rotatable bonds is 5. The second kappa shape index (κ2) is 8.39. The molecule has 2 fully saturated rings. The molecule has 2 aliphatic carbocycles. The van der Waals surface area contributed by atoms with E-state index >= 15 is 0 Å². The van der Waals surface area contributed by atoms with Gasteiger partial charge in [-0.05, 0) is 25.7 Å². The molecule has 27 heavy (non-hydrogen) atoms. The van der Waals surface area contributed by atoms with Crippen LogP contribution < -0.4 is 11.1 Å². The molecule has 8 nitrogen and oxygen atoms in total. The zero-order valence-corrected chi connectivity index (χ0v) is 16.2. The predicted octanol–water partition coefficient (Wildman–Crippen LogP) is 2.53. The SMILES string of the molecule is Cl.NC1(c2noc(-c3cnn(CC(=O)NC4CCCCC4)c3)n2)CCCC1. The van der Waals surface area contributed by atoms with Crippen LogP contribution in [0.1, 0.15) is 63.6 Å². The number of nitrogens with one attached hydrogen (secondary N) is 1. The van der Waals surface area contributed by atoms with Gasteiger partial charge in [0.15, 0.2) is 5.82 Å². The van der Waals surface area contributed by atoms with Crippen molar-refractivity contribution in [1.82, 2.24) is 25.2 Å². The predicted molar refractivity (Wildman–Crippen MR) is 102 cm³/mol. The van der Waals surface area contributed by atoms with Gasteiger partial charge in [0, 0.05) is 12.2 Å². The van der Waals surface area contributed by atoms with Gasteiger partial charge in [0.05, 0.1) is 17.3 Å². The summed E-state index contributed by atoms with van der Waals surface area (Å²) in [6.45, 7) is 0.193. The summed E-state index contributed by atoms with van der Waals surface area (Å²) >= 11 is 0. The van der Waals surface area contributed by atoms with E-state index < -0.39 is 5.54 Å². The van der Waals surface area contributed by atoms with Crippen molar-refractivity contribution in [2.45, 2.75) is 75.9 Å². The minimum atomic E-state index is -0.475. The highest BCUT2D eigenvalue weighted by atomic mass is 35.5. The van der Waals surface area contributed by atoms with Gasteiger partial charge in [-0.2, -0.15) is 10.1 Å². The van der Waals surface area contributed by atoms with Crippen LogP contribution >= 0.6 is 12.4 Å². The lowest BCUT2D eigenvalue weighted by atomic mass is 9.95. The molecule has 0 unspecified atom stereocenters. The van der Waals surface area contributed by atoms with Crippen LogP contribution in [0.5, 0.6) is 0 Å². The Morgan fingerprint density at radius 1 is 1.26 bits per heavy atom. The molecule has 0 radical (unpaired) electrons. The number of hydrogen-bond donors (Lipinski definition) is 2. The summed E-state index contributed by atoms with van der Waals surface area (Å²) in [5.41, 5.74) is 6.60. The summed E-state index contributed by atoms with van der Waals surface area (Å²) in [6.07, 6.45) is 13.1. The van der Waals surface area contributed by atoms with Crippen molar-refractivity contribution in [1.29, 1.82) is 0 Å². The summed E-state index contributed by atoms with van der Waals surface area (Å²) in [4.78, 5) is 16.7. The largest absolute Gasteiger partial charge is 0.352 e. The molecule has 4 rings (SSSR count). The summed E-state index contributed by atoms with van der Waals surface area (Å²) in [5, 5.41) is 11.4. The van der Waals surface area contributed by atoms with E-state index in [1.54, 1.807) is 17.1 Å². The summed E-state index contributed by atoms with van der Waals surface area (Å²) in [7, 11) is 0. The molecule has 2 saturated carbocycles. The summed E-state index contributed by atoms with van der Waals surface area (Å²) in [5.74, 6) is 0.952. The van der Waals surface area contributed by atoms with Crippen LogP contribution in [0.15, 0.2) is 16.9 Å². The number of aromatic nitrogens is 4. The zero-order chi connectivity index (χ0) is 18.0. The van der Waals surface area contributed by atoms with Crippen LogP contribution in [0.4, 0.5) is 0 Å². The molecule has 0 bridgehead atoms. The third-order valence-electron chi connectivity index (χ3n) is 5.52. The number of nitrogens with two attached hydrogens (primary N) is 1. The molecule has 0 atom stereocenters. The van der Waals surface area contributed by atoms with Crippen molar-refractivity contribution < 1.29 is 9.32 Å². The Hall–Kier alpha value is -1.93. The number of hydrogen-bond acceptors (Lipinski definition) is 6. The Kier molecular flexibility index (Phi) is 6.16. The van der Waals surface area contributed by atoms with Crippen LogP contribution in [0, 0.1) is 0 Å². The van der Waals surface area contributed by atoms with Crippen molar-refractivity contribution in [3.63, 3.8) is 0 Å². The molecule has 148 valence electrons. The second-order valence-corrected chi connectivity index (χ2v) is 7.62. The maximum atomic E-state index is 12.2. The van der Waals surface area contributed by atoms with Crippen molar-refractivity contribution in [2.24, 2.45) is 5.73 Å². The Morgan fingerprint density at radius 3 is 2.74 bits per heavy atom. The van der Waals surface area contributed by atoms with Crippen molar-refractivity contribution in [3.8, 4) is 11.5 Å². The Labute approximate surface area is 164 Å². The lowest BCUT2D eigenvalue weighted by Gasteiger charge is -2.22. The van der Waals surface area contributed by atoms with E-state index in [1.807, 2.05) is 0 Å². The molecule has 2 aliphatic rings. The van der Waals surface area contributed by atoms with Crippen molar-refractivity contribution in [3.05, 3.63) is 18.2 Å². The fraction of sp³-hybridized carbons (Fsp3) is 0.667. The maximum absolute atomic E-state index is 12.2. The topological polar surface area (TPSA) is 112 Å². The van der Waals surface area contributed by atoms with Crippen molar-refractivity contribution >= 4 is 18.3 Å². The second-order valence-electron chi connectivity index (χ2n) is 7.62. The third kappa shape index (κ3) is 4.50. The van der Waals surface area contributed by atoms with Crippen LogP contribution in [0.3, 0.4) is 0 Å². The molecule has 0 aromatic carbocycles. The number of carbonyl (C=O) groups is 1. The van der Waals surface area contributed by atoms with Crippen LogP contribution in [0.25, 0.3) is 11.5 Å². The van der Waals surface area contributed by atoms with Crippen LogP contribution in [0.2, 0.25) is 0 Å². The summed E-state index contributed by atoms with van der Waals surface area (Å²) in [6, 6.07) is 0.303. The van der Waals surface area contributed by atoms with Crippen LogP contribution in [-0.2, 0) is 16.9 Å². The van der Waals surface area contributed by atoms with E-state index in [0.29, 0.717) is 23.3 Å². The Bertz CT molecular complexity index is 761. The molecule has 9 heteroatoms. The number of carbonyl (C=O) groups excluding carboxylic acids is 1. The van der Waals surface area contributed by atoms with Gasteiger partial charge in [-0.25, -0.2) is 0 Å². The first-order chi connectivity index (χ1) is 12.6. The highest BCUT2D eigenvalue weighted by molar-refractivity contribution is 5.85. The van der Waals surface area contributed by atoms with Crippen LogP contribution in [-0.4, -0.2) is 31.9 Å². The van der Waals surface area contributed by atoms with E-state index in [1.165, 1.54) is 19.3 Å². The lowest BCUT2D eigenvalue weighted by Crippen LogP contribution is -2.38. The van der Waals surface area contributed by atoms with E-state index in [-0.39, 0.29) is 24.9 Å². The monoisotopic (exact) mass is 394 g/mol. The van der Waals surface area contributed by atoms with Gasteiger partial charge in [-0.3, -0.25) is 9.48 Å². The number of amides is 1. The third-order valence-corrected chi connectivity index (χ3v) is 5.52. The van der Waals surface area contributed by atoms with Gasteiger partial charge < -0.3 is 15.6 Å². The van der Waals surface area contributed by atoms with Gasteiger partial charge in [0.25, 0.3) is 5.89 Å². The maximum Gasteiger partial charge on any atom is 0.261 e. The molecule has 0 aliphatic heterocycles. The van der Waals surface area contributed by atoms with Gasteiger partial charge in [0.1, 0.15) is 6.54 Å². The molecule has 1 amide bonds. The molecular formula is C18H27ClN6O2. The normalized spacial score (nSPS) is 19.6. The van der Waals surface area contributed by atoms with Gasteiger partial charge >= 0.3 is 0 Å². The minimum absolute atomic E-state index is 0. The average molecular weight is 395 g/mol. The Morgan fingerprint density at radius 2 is 2.00 bits per heavy atom. The fourth-order valence-corrected chi connectivity index (χ4v) is 4.00. The molecule has 2 aromatic rings. The van der Waals surface area contributed by atoms with E-state index in [0.717, 1.165) is 38.5 Å². The highest BCUT2D eigenvalue weighted by Gasteiger charge is 2.36. The van der Waals surface area contributed by atoms with Crippen molar-refractivity contribution in [2.75, 3.05) is 0 Å². The Balaban J connectivity index is 0.00000210. The lowest BCUT2D eigenvalue weighted by molar-refractivity contribution is -0.122. The first-order valence-electron chi connectivity index (χ1n) is 9.58. The van der Waals surface area contributed by atoms with Gasteiger partial charge in [0.2, 0.25) is 5.91 Å². The number of halogens is 1. The number of nitrogens with zero attached hydrogens (tertiary/aromatic N) is 4. The van der Waals surface area contributed by atoms with Gasteiger partial charge in [-0.15, -0.1) is 12.4 Å². The quantitative estimate of drug-likeness (QED) is 0.805. The molecule has 2 heterocycles. The summed E-state index contributed by atoms with van der Waals surface area (Å²) < 4.78 is 6.98.